The number of nitrogens with one attached hydrogen (secondary N) is 1. The molecule has 6 heteroatoms. The molecule has 0 spiro atoms. The van der Waals surface area contributed by atoms with Crippen LogP contribution in [0.25, 0.3) is 0 Å². The van der Waals surface area contributed by atoms with E-state index in [1.807, 2.05) is 0 Å². The summed E-state index contributed by atoms with van der Waals surface area (Å²) in [6.07, 6.45) is 0. The zero-order valence-electron chi connectivity index (χ0n) is 10.4. The van der Waals surface area contributed by atoms with Crippen molar-refractivity contribution >= 4 is 5.91 Å². The summed E-state index contributed by atoms with van der Waals surface area (Å²) in [5.74, 6) is -0.982. The van der Waals surface area contributed by atoms with E-state index < -0.39 is 17.8 Å². The molecule has 0 radical (unpaired) electrons. The Hall–Kier alpha value is -1.66. The van der Waals surface area contributed by atoms with Crippen molar-refractivity contribution in [3.8, 4) is 5.75 Å². The van der Waals surface area contributed by atoms with Gasteiger partial charge in [0.25, 0.3) is 0 Å². The van der Waals surface area contributed by atoms with E-state index in [0.717, 1.165) is 0 Å². The molecule has 1 amide bonds. The second kappa shape index (κ2) is 6.93. The first-order valence-corrected chi connectivity index (χ1v) is 5.45. The Kier molecular flexibility index (Phi) is 5.54. The molecule has 0 aliphatic carbocycles. The highest BCUT2D eigenvalue weighted by atomic mass is 19.1. The Morgan fingerprint density at radius 2 is 2.22 bits per heavy atom. The van der Waals surface area contributed by atoms with E-state index in [2.05, 4.69) is 5.32 Å². The number of hydrogen-bond acceptors (Lipinski definition) is 4. The van der Waals surface area contributed by atoms with Gasteiger partial charge in [0.15, 0.2) is 11.6 Å². The van der Waals surface area contributed by atoms with E-state index in [9.17, 15) is 9.18 Å². The maximum Gasteiger partial charge on any atom is 0.239 e. The maximum atomic E-state index is 13.5. The molecule has 0 aliphatic heterocycles. The van der Waals surface area contributed by atoms with E-state index in [0.29, 0.717) is 18.7 Å². The molecular weight excluding hydrogens is 239 g/mol. The minimum absolute atomic E-state index is 0.124. The van der Waals surface area contributed by atoms with Crippen LogP contribution in [0.1, 0.15) is 11.6 Å². The molecule has 100 valence electrons. The van der Waals surface area contributed by atoms with Gasteiger partial charge in [-0.1, -0.05) is 6.07 Å². The monoisotopic (exact) mass is 256 g/mol. The highest BCUT2D eigenvalue weighted by Gasteiger charge is 2.18. The predicted molar refractivity (Wildman–Crippen MR) is 64.8 cm³/mol. The normalized spacial score (nSPS) is 12.2. The Labute approximate surface area is 105 Å². The fourth-order valence-corrected chi connectivity index (χ4v) is 1.55. The van der Waals surface area contributed by atoms with Gasteiger partial charge in [0.1, 0.15) is 6.04 Å². The van der Waals surface area contributed by atoms with Crippen LogP contribution in [0.5, 0.6) is 5.75 Å². The van der Waals surface area contributed by atoms with Crippen LogP contribution in [-0.2, 0) is 9.53 Å². The molecule has 1 atom stereocenters. The van der Waals surface area contributed by atoms with Crippen molar-refractivity contribution in [2.45, 2.75) is 6.04 Å². The Morgan fingerprint density at radius 3 is 2.72 bits per heavy atom. The molecule has 0 bridgehead atoms. The van der Waals surface area contributed by atoms with Crippen LogP contribution in [0.4, 0.5) is 4.39 Å². The van der Waals surface area contributed by atoms with Crippen molar-refractivity contribution in [1.29, 1.82) is 0 Å². The van der Waals surface area contributed by atoms with Crippen LogP contribution in [0.15, 0.2) is 18.2 Å². The molecule has 0 aromatic heterocycles. The van der Waals surface area contributed by atoms with Gasteiger partial charge in [-0.15, -0.1) is 0 Å². The number of rotatable bonds is 7. The van der Waals surface area contributed by atoms with E-state index >= 15 is 0 Å². The molecule has 1 aromatic rings. The SMILES string of the molecule is COCCNC(C(N)=O)c1ccc(OC)c(F)c1. The maximum absolute atomic E-state index is 13.5. The third-order valence-corrected chi connectivity index (χ3v) is 2.45. The lowest BCUT2D eigenvalue weighted by molar-refractivity contribution is -0.120. The minimum atomic E-state index is -0.749. The lowest BCUT2D eigenvalue weighted by Gasteiger charge is -2.16. The summed E-state index contributed by atoms with van der Waals surface area (Å²) in [4.78, 5) is 11.3. The highest BCUT2D eigenvalue weighted by Crippen LogP contribution is 2.21. The summed E-state index contributed by atoms with van der Waals surface area (Å²) in [6, 6.07) is 3.53. The third kappa shape index (κ3) is 3.68. The number of carbonyl (C=O) groups is 1. The van der Waals surface area contributed by atoms with Crippen molar-refractivity contribution in [3.63, 3.8) is 0 Å². The summed E-state index contributed by atoms with van der Waals surface area (Å²) in [5, 5.41) is 2.89. The van der Waals surface area contributed by atoms with E-state index in [1.165, 1.54) is 19.2 Å². The molecule has 1 unspecified atom stereocenters. The smallest absolute Gasteiger partial charge is 0.239 e. The van der Waals surface area contributed by atoms with Crippen LogP contribution in [0.2, 0.25) is 0 Å². The summed E-state index contributed by atoms with van der Waals surface area (Å²) in [7, 11) is 2.93. The Bertz CT molecular complexity index is 412. The number of hydrogen-bond donors (Lipinski definition) is 2. The average Bonchev–Trinajstić information content (AvgIpc) is 2.34. The molecule has 0 saturated carbocycles. The predicted octanol–water partition coefficient (Wildman–Crippen LogP) is 0.597. The van der Waals surface area contributed by atoms with Crippen LogP contribution in [0, 0.1) is 5.82 Å². The molecular formula is C12H17FN2O3. The minimum Gasteiger partial charge on any atom is -0.494 e. The van der Waals surface area contributed by atoms with Crippen LogP contribution in [0.3, 0.4) is 0 Å². The van der Waals surface area contributed by atoms with Gasteiger partial charge in [-0.2, -0.15) is 0 Å². The average molecular weight is 256 g/mol. The van der Waals surface area contributed by atoms with Crippen molar-refractivity contribution in [2.24, 2.45) is 5.73 Å². The first kappa shape index (κ1) is 14.4. The van der Waals surface area contributed by atoms with Gasteiger partial charge in [-0.3, -0.25) is 10.1 Å². The number of carbonyl (C=O) groups excluding carboxylic acids is 1. The molecule has 18 heavy (non-hydrogen) atoms. The first-order chi connectivity index (χ1) is 8.60. The molecule has 0 heterocycles. The topological polar surface area (TPSA) is 73.6 Å². The molecule has 3 N–H and O–H groups in total. The second-order valence-electron chi connectivity index (χ2n) is 3.68. The second-order valence-corrected chi connectivity index (χ2v) is 3.68. The summed E-state index contributed by atoms with van der Waals surface area (Å²) >= 11 is 0. The number of halogens is 1. The summed E-state index contributed by atoms with van der Waals surface area (Å²) in [6.45, 7) is 0.875. The van der Waals surface area contributed by atoms with E-state index in [-0.39, 0.29) is 5.75 Å². The quantitative estimate of drug-likeness (QED) is 0.700. The van der Waals surface area contributed by atoms with Crippen LogP contribution < -0.4 is 15.8 Å². The fraction of sp³-hybridized carbons (Fsp3) is 0.417. The fourth-order valence-electron chi connectivity index (χ4n) is 1.55. The Morgan fingerprint density at radius 1 is 1.50 bits per heavy atom. The number of methoxy groups -OCH3 is 2. The van der Waals surface area contributed by atoms with E-state index in [4.69, 9.17) is 15.2 Å². The van der Waals surface area contributed by atoms with Gasteiger partial charge in [-0.05, 0) is 17.7 Å². The van der Waals surface area contributed by atoms with Gasteiger partial charge >= 0.3 is 0 Å². The number of primary amides is 1. The third-order valence-electron chi connectivity index (χ3n) is 2.45. The molecule has 1 aromatic carbocycles. The zero-order chi connectivity index (χ0) is 13.5. The molecule has 5 nitrogen and oxygen atoms in total. The summed E-state index contributed by atoms with van der Waals surface area (Å²) < 4.78 is 23.2. The number of ether oxygens (including phenoxy) is 2. The van der Waals surface area contributed by atoms with Crippen LogP contribution in [-0.4, -0.2) is 33.3 Å². The van der Waals surface area contributed by atoms with Crippen molar-refractivity contribution in [2.75, 3.05) is 27.4 Å². The standard InChI is InChI=1S/C12H17FN2O3/c1-17-6-5-15-11(12(14)16)8-3-4-10(18-2)9(13)7-8/h3-4,7,11,15H,5-6H2,1-2H3,(H2,14,16). The van der Waals surface area contributed by atoms with Crippen molar-refractivity contribution in [3.05, 3.63) is 29.6 Å². The van der Waals surface area contributed by atoms with Gasteiger partial charge in [0, 0.05) is 13.7 Å². The van der Waals surface area contributed by atoms with E-state index in [1.54, 1.807) is 13.2 Å². The molecule has 0 fully saturated rings. The van der Waals surface area contributed by atoms with Crippen LogP contribution >= 0.6 is 0 Å². The lowest BCUT2D eigenvalue weighted by atomic mass is 10.1. The molecule has 1 rings (SSSR count). The summed E-state index contributed by atoms with van der Waals surface area (Å²) in [5.41, 5.74) is 5.73. The number of nitrogens with two attached hydrogens (primary N) is 1. The van der Waals surface area contributed by atoms with Gasteiger partial charge < -0.3 is 15.2 Å². The number of amides is 1. The highest BCUT2D eigenvalue weighted by molar-refractivity contribution is 5.81. The lowest BCUT2D eigenvalue weighted by Crippen LogP contribution is -2.35. The van der Waals surface area contributed by atoms with Crippen molar-refractivity contribution < 1.29 is 18.7 Å². The van der Waals surface area contributed by atoms with Crippen molar-refractivity contribution in [1.82, 2.24) is 5.32 Å². The Balaban J connectivity index is 2.85. The van der Waals surface area contributed by atoms with Gasteiger partial charge in [-0.25, -0.2) is 4.39 Å². The number of benzene rings is 1. The zero-order valence-corrected chi connectivity index (χ0v) is 10.4. The largest absolute Gasteiger partial charge is 0.494 e. The molecule has 0 aliphatic rings. The molecule has 0 saturated heterocycles. The van der Waals surface area contributed by atoms with Gasteiger partial charge in [0.2, 0.25) is 5.91 Å². The first-order valence-electron chi connectivity index (χ1n) is 5.45. The van der Waals surface area contributed by atoms with Gasteiger partial charge in [0.05, 0.1) is 13.7 Å².